The molecule has 0 bridgehead atoms. The standard InChI is InChI=1S/C13H14BrNS2/c1-9(15)13(17-12-6-3-7-16-12)10-4-2-5-11(14)8-10/h2-9,13H,15H2,1H3. The fourth-order valence-electron chi connectivity index (χ4n) is 1.62. The maximum absolute atomic E-state index is 6.10. The number of thiophene rings is 1. The second kappa shape index (κ2) is 6.05. The monoisotopic (exact) mass is 327 g/mol. The van der Waals surface area contributed by atoms with E-state index in [4.69, 9.17) is 5.73 Å². The van der Waals surface area contributed by atoms with Gasteiger partial charge < -0.3 is 5.73 Å². The Kier molecular flexibility index (Phi) is 4.68. The van der Waals surface area contributed by atoms with Crippen LogP contribution in [0.25, 0.3) is 0 Å². The molecule has 0 saturated carbocycles. The van der Waals surface area contributed by atoms with Gasteiger partial charge in [-0.2, -0.15) is 0 Å². The van der Waals surface area contributed by atoms with E-state index in [-0.39, 0.29) is 6.04 Å². The molecule has 90 valence electrons. The number of hydrogen-bond donors (Lipinski definition) is 1. The van der Waals surface area contributed by atoms with E-state index >= 15 is 0 Å². The Bertz CT molecular complexity index is 468. The van der Waals surface area contributed by atoms with Crippen molar-refractivity contribution in [1.82, 2.24) is 0 Å². The largest absolute Gasteiger partial charge is 0.327 e. The molecule has 2 atom stereocenters. The van der Waals surface area contributed by atoms with Gasteiger partial charge in [-0.15, -0.1) is 23.1 Å². The van der Waals surface area contributed by atoms with Crippen molar-refractivity contribution in [3.05, 3.63) is 51.8 Å². The van der Waals surface area contributed by atoms with Gasteiger partial charge in [0, 0.05) is 10.5 Å². The zero-order valence-electron chi connectivity index (χ0n) is 9.47. The molecule has 4 heteroatoms. The molecule has 2 aromatic rings. The van der Waals surface area contributed by atoms with E-state index in [1.165, 1.54) is 9.77 Å². The Labute approximate surface area is 119 Å². The van der Waals surface area contributed by atoms with E-state index < -0.39 is 0 Å². The summed E-state index contributed by atoms with van der Waals surface area (Å²) < 4.78 is 2.42. The average molecular weight is 328 g/mol. The molecule has 0 aliphatic heterocycles. The Morgan fingerprint density at radius 3 is 2.71 bits per heavy atom. The minimum Gasteiger partial charge on any atom is -0.327 e. The lowest BCUT2D eigenvalue weighted by molar-refractivity contribution is 0.721. The molecular weight excluding hydrogens is 314 g/mol. The number of halogens is 1. The molecule has 0 aliphatic carbocycles. The molecule has 1 nitrogen and oxygen atoms in total. The molecule has 2 rings (SSSR count). The summed E-state index contributed by atoms with van der Waals surface area (Å²) in [6.45, 7) is 2.06. The second-order valence-corrected chi connectivity index (χ2v) is 7.19. The van der Waals surface area contributed by atoms with Crippen molar-refractivity contribution in [2.75, 3.05) is 0 Å². The van der Waals surface area contributed by atoms with Crippen LogP contribution in [0.3, 0.4) is 0 Å². The van der Waals surface area contributed by atoms with Crippen molar-refractivity contribution < 1.29 is 0 Å². The van der Waals surface area contributed by atoms with Gasteiger partial charge in [-0.05, 0) is 36.1 Å². The Balaban J connectivity index is 2.23. The zero-order valence-corrected chi connectivity index (χ0v) is 12.7. The second-order valence-electron chi connectivity index (χ2n) is 3.88. The Morgan fingerprint density at radius 1 is 1.29 bits per heavy atom. The molecule has 0 radical (unpaired) electrons. The predicted octanol–water partition coefficient (Wildman–Crippen LogP) is 4.69. The summed E-state index contributed by atoms with van der Waals surface area (Å²) in [5.41, 5.74) is 7.37. The third-order valence-corrected chi connectivity index (χ3v) is 5.45. The van der Waals surface area contributed by atoms with Gasteiger partial charge in [0.2, 0.25) is 0 Å². The summed E-state index contributed by atoms with van der Waals surface area (Å²) >= 11 is 7.11. The number of rotatable bonds is 4. The fourth-order valence-corrected chi connectivity index (χ4v) is 4.09. The van der Waals surface area contributed by atoms with Crippen molar-refractivity contribution in [3.8, 4) is 0 Å². The van der Waals surface area contributed by atoms with Gasteiger partial charge in [-0.3, -0.25) is 0 Å². The summed E-state index contributed by atoms with van der Waals surface area (Å²) in [5.74, 6) is 0. The first kappa shape index (κ1) is 13.1. The molecule has 2 N–H and O–H groups in total. The van der Waals surface area contributed by atoms with Crippen LogP contribution in [0.15, 0.2) is 50.5 Å². The van der Waals surface area contributed by atoms with E-state index in [0.717, 1.165) is 4.47 Å². The molecule has 1 heterocycles. The average Bonchev–Trinajstić information content (AvgIpc) is 2.78. The van der Waals surface area contributed by atoms with Crippen molar-refractivity contribution in [2.24, 2.45) is 5.73 Å². The maximum Gasteiger partial charge on any atom is 0.0605 e. The topological polar surface area (TPSA) is 26.0 Å². The fraction of sp³-hybridized carbons (Fsp3) is 0.231. The molecule has 17 heavy (non-hydrogen) atoms. The van der Waals surface area contributed by atoms with E-state index in [1.54, 1.807) is 11.3 Å². The van der Waals surface area contributed by atoms with Crippen molar-refractivity contribution in [1.29, 1.82) is 0 Å². The van der Waals surface area contributed by atoms with Crippen LogP contribution in [-0.2, 0) is 0 Å². The van der Waals surface area contributed by atoms with E-state index in [0.29, 0.717) is 5.25 Å². The van der Waals surface area contributed by atoms with E-state index in [2.05, 4.69) is 58.6 Å². The molecule has 2 unspecified atom stereocenters. The molecule has 0 spiro atoms. The van der Waals surface area contributed by atoms with Crippen LogP contribution in [0.1, 0.15) is 17.7 Å². The van der Waals surface area contributed by atoms with Gasteiger partial charge in [-0.25, -0.2) is 0 Å². The summed E-state index contributed by atoms with van der Waals surface area (Å²) in [6, 6.07) is 12.7. The van der Waals surface area contributed by atoms with Crippen LogP contribution in [0.5, 0.6) is 0 Å². The first-order chi connectivity index (χ1) is 8.16. The van der Waals surface area contributed by atoms with E-state index in [1.807, 2.05) is 17.8 Å². The van der Waals surface area contributed by atoms with Gasteiger partial charge in [0.1, 0.15) is 0 Å². The van der Waals surface area contributed by atoms with Crippen molar-refractivity contribution >= 4 is 39.0 Å². The highest BCUT2D eigenvalue weighted by Crippen LogP contribution is 2.39. The highest BCUT2D eigenvalue weighted by molar-refractivity contribution is 9.10. The number of nitrogens with two attached hydrogens (primary N) is 1. The Morgan fingerprint density at radius 2 is 2.12 bits per heavy atom. The SMILES string of the molecule is CC(N)C(Sc1cccs1)c1cccc(Br)c1. The maximum atomic E-state index is 6.10. The summed E-state index contributed by atoms with van der Waals surface area (Å²) in [4.78, 5) is 0. The van der Waals surface area contributed by atoms with Crippen LogP contribution in [0.2, 0.25) is 0 Å². The smallest absolute Gasteiger partial charge is 0.0605 e. The van der Waals surface area contributed by atoms with Crippen LogP contribution in [0.4, 0.5) is 0 Å². The normalized spacial score (nSPS) is 14.5. The summed E-state index contributed by atoms with van der Waals surface area (Å²) in [5, 5.41) is 2.40. The number of hydrogen-bond acceptors (Lipinski definition) is 3. The molecule has 1 aromatic carbocycles. The van der Waals surface area contributed by atoms with Crippen molar-refractivity contribution in [3.63, 3.8) is 0 Å². The predicted molar refractivity (Wildman–Crippen MR) is 80.7 cm³/mol. The molecule has 0 aliphatic rings. The van der Waals surface area contributed by atoms with Gasteiger partial charge in [-0.1, -0.05) is 34.1 Å². The molecule has 0 saturated heterocycles. The summed E-state index contributed by atoms with van der Waals surface area (Å²) in [7, 11) is 0. The van der Waals surface area contributed by atoms with Crippen molar-refractivity contribution in [2.45, 2.75) is 22.4 Å². The van der Waals surface area contributed by atoms with E-state index in [9.17, 15) is 0 Å². The highest BCUT2D eigenvalue weighted by Gasteiger charge is 2.18. The van der Waals surface area contributed by atoms with Crippen LogP contribution >= 0.6 is 39.0 Å². The van der Waals surface area contributed by atoms with Gasteiger partial charge in [0.25, 0.3) is 0 Å². The Hall–Kier alpha value is -0.290. The van der Waals surface area contributed by atoms with Crippen LogP contribution in [-0.4, -0.2) is 6.04 Å². The first-order valence-corrected chi connectivity index (χ1v) is 7.93. The third kappa shape index (κ3) is 3.58. The molecule has 0 amide bonds. The van der Waals surface area contributed by atoms with Crippen LogP contribution < -0.4 is 5.73 Å². The quantitative estimate of drug-likeness (QED) is 0.824. The third-order valence-electron chi connectivity index (χ3n) is 2.39. The van der Waals surface area contributed by atoms with Gasteiger partial charge >= 0.3 is 0 Å². The minimum absolute atomic E-state index is 0.122. The van der Waals surface area contributed by atoms with Crippen LogP contribution in [0, 0.1) is 0 Å². The number of thioether (sulfide) groups is 1. The molecular formula is C13H14BrNS2. The molecule has 1 aromatic heterocycles. The van der Waals surface area contributed by atoms with Gasteiger partial charge in [0.15, 0.2) is 0 Å². The lowest BCUT2D eigenvalue weighted by Gasteiger charge is -2.20. The molecule has 0 fully saturated rings. The lowest BCUT2D eigenvalue weighted by atomic mass is 10.1. The minimum atomic E-state index is 0.122. The number of benzene rings is 1. The first-order valence-electron chi connectivity index (χ1n) is 5.38. The highest BCUT2D eigenvalue weighted by atomic mass is 79.9. The summed E-state index contributed by atoms with van der Waals surface area (Å²) in [6.07, 6.45) is 0. The lowest BCUT2D eigenvalue weighted by Crippen LogP contribution is -2.22. The van der Waals surface area contributed by atoms with Gasteiger partial charge in [0.05, 0.1) is 9.46 Å². The zero-order chi connectivity index (χ0) is 12.3.